The number of nitrogens with two attached hydrogens (primary N) is 1. The van der Waals surface area contributed by atoms with Crippen LogP contribution in [0.25, 0.3) is 0 Å². The molecule has 2 rings (SSSR count). The van der Waals surface area contributed by atoms with E-state index in [1.165, 1.54) is 37.3 Å². The van der Waals surface area contributed by atoms with Crippen molar-refractivity contribution in [3.63, 3.8) is 0 Å². The quantitative estimate of drug-likeness (QED) is 0.660. The highest BCUT2D eigenvalue weighted by Gasteiger charge is 2.26. The molecule has 1 unspecified atom stereocenters. The molecule has 0 aromatic heterocycles. The second-order valence-corrected chi connectivity index (χ2v) is 5.11. The molecule has 0 aromatic carbocycles. The monoisotopic (exact) mass is 186 g/mol. The summed E-state index contributed by atoms with van der Waals surface area (Å²) in [6.07, 6.45) is 3.98. The molecule has 3 heteroatoms. The number of hydrogen-bond acceptors (Lipinski definition) is 3. The van der Waals surface area contributed by atoms with E-state index in [0.717, 1.165) is 12.6 Å². The fourth-order valence-electron chi connectivity index (χ4n) is 2.20. The van der Waals surface area contributed by atoms with Gasteiger partial charge < -0.3 is 5.73 Å². The lowest BCUT2D eigenvalue weighted by molar-refractivity contribution is 0.227. The van der Waals surface area contributed by atoms with E-state index in [1.54, 1.807) is 0 Å². The van der Waals surface area contributed by atoms with Crippen LogP contribution in [0.2, 0.25) is 0 Å². The highest BCUT2D eigenvalue weighted by atomic mass is 32.2. The molecular formula is C9H18N2S. The maximum absolute atomic E-state index is 5.88. The minimum atomic E-state index is 0.458. The van der Waals surface area contributed by atoms with Gasteiger partial charge >= 0.3 is 0 Å². The van der Waals surface area contributed by atoms with Crippen molar-refractivity contribution in [1.29, 1.82) is 0 Å². The van der Waals surface area contributed by atoms with Crippen LogP contribution in [0.5, 0.6) is 0 Å². The predicted molar refractivity (Wildman–Crippen MR) is 54.5 cm³/mol. The SMILES string of the molecule is NC1CCN(C2CCSCC2)C1. The number of hydrogen-bond donors (Lipinski definition) is 1. The van der Waals surface area contributed by atoms with Gasteiger partial charge in [-0.3, -0.25) is 4.90 Å². The average Bonchev–Trinajstić information content (AvgIpc) is 2.54. The molecule has 2 aliphatic heterocycles. The first-order valence-corrected chi connectivity index (χ1v) is 6.09. The Labute approximate surface area is 78.9 Å². The van der Waals surface area contributed by atoms with Gasteiger partial charge in [0.25, 0.3) is 0 Å². The van der Waals surface area contributed by atoms with Crippen LogP contribution in [-0.2, 0) is 0 Å². The third kappa shape index (κ3) is 1.95. The van der Waals surface area contributed by atoms with Crippen LogP contribution in [0, 0.1) is 0 Å². The summed E-state index contributed by atoms with van der Waals surface area (Å²) < 4.78 is 0. The van der Waals surface area contributed by atoms with E-state index in [9.17, 15) is 0 Å². The van der Waals surface area contributed by atoms with Gasteiger partial charge in [0.05, 0.1) is 0 Å². The van der Waals surface area contributed by atoms with Crippen molar-refractivity contribution in [3.8, 4) is 0 Å². The molecule has 0 radical (unpaired) electrons. The lowest BCUT2D eigenvalue weighted by Crippen LogP contribution is -2.37. The van der Waals surface area contributed by atoms with Crippen LogP contribution in [0.15, 0.2) is 0 Å². The Morgan fingerprint density at radius 2 is 1.92 bits per heavy atom. The third-order valence-corrected chi connectivity index (χ3v) is 4.01. The van der Waals surface area contributed by atoms with E-state index in [-0.39, 0.29) is 0 Å². The Balaban J connectivity index is 1.83. The molecule has 0 aliphatic carbocycles. The standard InChI is InChI=1S/C9H18N2S/c10-8-1-4-11(7-8)9-2-5-12-6-3-9/h8-9H,1-7,10H2. The third-order valence-electron chi connectivity index (χ3n) is 2.96. The summed E-state index contributed by atoms with van der Waals surface area (Å²) in [7, 11) is 0. The molecule has 0 spiro atoms. The van der Waals surface area contributed by atoms with E-state index >= 15 is 0 Å². The maximum Gasteiger partial charge on any atom is 0.0180 e. The Kier molecular flexibility index (Phi) is 2.94. The van der Waals surface area contributed by atoms with E-state index in [2.05, 4.69) is 16.7 Å². The fraction of sp³-hybridized carbons (Fsp3) is 1.00. The van der Waals surface area contributed by atoms with Crippen molar-refractivity contribution in [2.45, 2.75) is 31.3 Å². The maximum atomic E-state index is 5.88. The molecule has 2 fully saturated rings. The van der Waals surface area contributed by atoms with Crippen LogP contribution in [0.4, 0.5) is 0 Å². The first kappa shape index (κ1) is 8.85. The minimum absolute atomic E-state index is 0.458. The zero-order valence-electron chi connectivity index (χ0n) is 7.54. The summed E-state index contributed by atoms with van der Waals surface area (Å²) in [5.74, 6) is 2.72. The second kappa shape index (κ2) is 3.99. The normalized spacial score (nSPS) is 34.2. The zero-order valence-corrected chi connectivity index (χ0v) is 8.35. The lowest BCUT2D eigenvalue weighted by atomic mass is 10.1. The molecule has 0 amide bonds. The van der Waals surface area contributed by atoms with Crippen molar-refractivity contribution >= 4 is 11.8 Å². The summed E-state index contributed by atoms with van der Waals surface area (Å²) in [5, 5.41) is 0. The largest absolute Gasteiger partial charge is 0.326 e. The van der Waals surface area contributed by atoms with Crippen molar-refractivity contribution in [2.24, 2.45) is 5.73 Å². The Hall–Kier alpha value is 0.270. The summed E-state index contributed by atoms with van der Waals surface area (Å²) in [5.41, 5.74) is 5.88. The van der Waals surface area contributed by atoms with Crippen molar-refractivity contribution in [3.05, 3.63) is 0 Å². The smallest absolute Gasteiger partial charge is 0.0180 e. The van der Waals surface area contributed by atoms with E-state index in [1.807, 2.05) is 0 Å². The second-order valence-electron chi connectivity index (χ2n) is 3.89. The van der Waals surface area contributed by atoms with Gasteiger partial charge in [-0.05, 0) is 30.8 Å². The van der Waals surface area contributed by atoms with E-state index < -0.39 is 0 Å². The van der Waals surface area contributed by atoms with Crippen LogP contribution in [0.1, 0.15) is 19.3 Å². The molecule has 2 N–H and O–H groups in total. The van der Waals surface area contributed by atoms with Crippen molar-refractivity contribution in [1.82, 2.24) is 4.90 Å². The molecule has 2 saturated heterocycles. The molecular weight excluding hydrogens is 168 g/mol. The predicted octanol–water partition coefficient (Wildman–Crippen LogP) is 0.915. The summed E-state index contributed by atoms with van der Waals surface area (Å²) in [6.45, 7) is 2.39. The lowest BCUT2D eigenvalue weighted by Gasteiger charge is -2.30. The molecule has 0 aromatic rings. The van der Waals surface area contributed by atoms with Crippen LogP contribution in [-0.4, -0.2) is 41.6 Å². The van der Waals surface area contributed by atoms with Crippen molar-refractivity contribution in [2.75, 3.05) is 24.6 Å². The van der Waals surface area contributed by atoms with Gasteiger partial charge in [0, 0.05) is 25.2 Å². The Bertz CT molecular complexity index is 143. The van der Waals surface area contributed by atoms with Gasteiger partial charge in [0.2, 0.25) is 0 Å². The highest BCUT2D eigenvalue weighted by molar-refractivity contribution is 7.99. The first-order chi connectivity index (χ1) is 5.86. The molecule has 2 nitrogen and oxygen atoms in total. The topological polar surface area (TPSA) is 29.3 Å². The number of thioether (sulfide) groups is 1. The van der Waals surface area contributed by atoms with Crippen LogP contribution < -0.4 is 5.73 Å². The number of rotatable bonds is 1. The van der Waals surface area contributed by atoms with Crippen LogP contribution in [0.3, 0.4) is 0 Å². The molecule has 2 aliphatic rings. The Morgan fingerprint density at radius 3 is 2.50 bits per heavy atom. The van der Waals surface area contributed by atoms with E-state index in [4.69, 9.17) is 5.73 Å². The summed E-state index contributed by atoms with van der Waals surface area (Å²) in [4.78, 5) is 2.60. The molecule has 70 valence electrons. The van der Waals surface area contributed by atoms with Gasteiger partial charge in [0.15, 0.2) is 0 Å². The molecule has 0 saturated carbocycles. The molecule has 1 atom stereocenters. The first-order valence-electron chi connectivity index (χ1n) is 4.93. The molecule has 12 heavy (non-hydrogen) atoms. The fourth-order valence-corrected chi connectivity index (χ4v) is 3.28. The Morgan fingerprint density at radius 1 is 1.17 bits per heavy atom. The zero-order chi connectivity index (χ0) is 8.39. The van der Waals surface area contributed by atoms with Gasteiger partial charge in [-0.15, -0.1) is 0 Å². The highest BCUT2D eigenvalue weighted by Crippen LogP contribution is 2.24. The summed E-state index contributed by atoms with van der Waals surface area (Å²) >= 11 is 2.10. The van der Waals surface area contributed by atoms with Gasteiger partial charge in [-0.1, -0.05) is 0 Å². The molecule has 2 heterocycles. The van der Waals surface area contributed by atoms with E-state index in [0.29, 0.717) is 6.04 Å². The minimum Gasteiger partial charge on any atom is -0.326 e. The van der Waals surface area contributed by atoms with Gasteiger partial charge in [-0.25, -0.2) is 0 Å². The summed E-state index contributed by atoms with van der Waals surface area (Å²) in [6, 6.07) is 1.32. The van der Waals surface area contributed by atoms with Crippen LogP contribution >= 0.6 is 11.8 Å². The van der Waals surface area contributed by atoms with Gasteiger partial charge in [0.1, 0.15) is 0 Å². The van der Waals surface area contributed by atoms with Gasteiger partial charge in [-0.2, -0.15) is 11.8 Å². The van der Waals surface area contributed by atoms with Crippen molar-refractivity contribution < 1.29 is 0 Å². The number of nitrogens with zero attached hydrogens (tertiary/aromatic N) is 1. The number of likely N-dealkylation sites (tertiary alicyclic amines) is 1. The molecule has 0 bridgehead atoms. The average molecular weight is 186 g/mol.